The van der Waals surface area contributed by atoms with Crippen LogP contribution in [0.3, 0.4) is 0 Å². The van der Waals surface area contributed by atoms with Crippen LogP contribution in [0.25, 0.3) is 10.9 Å². The van der Waals surface area contributed by atoms with Gasteiger partial charge in [0.2, 0.25) is 70.9 Å². The number of benzene rings is 2. The number of rotatable bonds is 46. The number of nitrogens with zero attached hydrogens (tertiary/aromatic N) is 2. The van der Waals surface area contributed by atoms with Crippen molar-refractivity contribution in [1.82, 2.24) is 58.2 Å². The number of aliphatic hydroxyl groups excluding tert-OH is 2. The summed E-state index contributed by atoms with van der Waals surface area (Å²) in [5.41, 5.74) is 39.8. The molecule has 2 heterocycles. The lowest BCUT2D eigenvalue weighted by molar-refractivity contribution is -0.135. The molecule has 1 aliphatic rings. The molecule has 4 rings (SSSR count). The van der Waals surface area contributed by atoms with E-state index in [1.807, 2.05) is 31.2 Å². The maximum atomic E-state index is 14.4. The average Bonchev–Trinajstić information content (AvgIpc) is 1.67. The highest BCUT2D eigenvalue weighted by atomic mass is 32.2. The quantitative estimate of drug-likeness (QED) is 0.0166. The monoisotopic (exact) mass is 1710 g/mol. The van der Waals surface area contributed by atoms with Crippen molar-refractivity contribution in [3.8, 4) is 0 Å². The van der Waals surface area contributed by atoms with Crippen molar-refractivity contribution in [2.24, 2.45) is 62.0 Å². The number of H-pyrrole nitrogens is 1. The van der Waals surface area contributed by atoms with Crippen LogP contribution in [0, 0.1) is 11.8 Å². The number of hydrogen-bond donors (Lipinski definition) is 20. The van der Waals surface area contributed by atoms with E-state index in [0.29, 0.717) is 56.2 Å². The van der Waals surface area contributed by atoms with Gasteiger partial charge in [-0.05, 0) is 108 Å². The van der Waals surface area contributed by atoms with Gasteiger partial charge in [-0.1, -0.05) is 166 Å². The molecular formula is C83H142N20O16S. The van der Waals surface area contributed by atoms with Gasteiger partial charge in [-0.2, -0.15) is 0 Å². The van der Waals surface area contributed by atoms with Crippen LogP contribution in [-0.4, -0.2) is 206 Å². The number of nitrogens with two attached hydrogens (primary N) is 7. The minimum absolute atomic E-state index is 0.0243. The fourth-order valence-electron chi connectivity index (χ4n) is 13.1. The average molecular weight is 1710 g/mol. The van der Waals surface area contributed by atoms with Crippen LogP contribution in [0.1, 0.15) is 238 Å². The molecular weight excluding hydrogens is 1570 g/mol. The molecule has 120 heavy (non-hydrogen) atoms. The van der Waals surface area contributed by atoms with Gasteiger partial charge >= 0.3 is 0 Å². The number of fused-ring (bicyclic) bond motifs is 1. The summed E-state index contributed by atoms with van der Waals surface area (Å²) in [6, 6.07) is 6.58. The number of aromatic amines is 1. The molecule has 0 aliphatic carbocycles. The number of nitrogens with one attached hydrogen (secondary N) is 11. The van der Waals surface area contributed by atoms with Crippen LogP contribution in [0.4, 0.5) is 0 Å². The number of para-hydroxylation sites is 1. The topological polar surface area (TPSA) is 622 Å². The second-order valence-corrected chi connectivity index (χ2v) is 33.3. The molecule has 36 nitrogen and oxygen atoms in total. The first kappa shape index (κ1) is 106. The molecule has 1 aromatic heterocycles. The van der Waals surface area contributed by atoms with Crippen LogP contribution in [0.5, 0.6) is 0 Å². The van der Waals surface area contributed by atoms with Gasteiger partial charge in [0.25, 0.3) is 0 Å². The Morgan fingerprint density at radius 1 is 0.550 bits per heavy atom. The molecule has 0 spiro atoms. The second kappa shape index (κ2) is 60.5. The molecule has 0 radical (unpaired) electrons. The van der Waals surface area contributed by atoms with Crippen molar-refractivity contribution >= 4 is 104 Å². The summed E-state index contributed by atoms with van der Waals surface area (Å²) in [6.07, 6.45) is 22.2. The number of sulfone groups is 1. The Labute approximate surface area is 707 Å². The van der Waals surface area contributed by atoms with Gasteiger partial charge in [-0.25, -0.2) is 8.42 Å². The molecule has 12 atom stereocenters. The Balaban J connectivity index is 0.000000732. The van der Waals surface area contributed by atoms with Crippen LogP contribution < -0.4 is 93.3 Å². The highest BCUT2D eigenvalue weighted by Crippen LogP contribution is 2.21. The lowest BCUT2D eigenvalue weighted by Gasteiger charge is -2.31. The summed E-state index contributed by atoms with van der Waals surface area (Å²) in [5, 5.41) is 48.7. The number of aromatic nitrogens is 1. The van der Waals surface area contributed by atoms with Gasteiger partial charge in [0.15, 0.2) is 11.9 Å². The normalized spacial score (nSPS) is 18.8. The van der Waals surface area contributed by atoms with E-state index >= 15 is 0 Å². The fraction of sp³-hybridized carbons (Fsp3) is 0.663. The van der Waals surface area contributed by atoms with Gasteiger partial charge in [0.05, 0.1) is 23.9 Å². The second-order valence-electron chi connectivity index (χ2n) is 31.0. The number of aliphatic imine (C=N–C) groups is 2. The number of carbonyl (C=O) groups excluding carboxylic acids is 12. The van der Waals surface area contributed by atoms with E-state index in [1.54, 1.807) is 50.4 Å². The molecule has 676 valence electrons. The number of carbonyl (C=O) groups is 12. The number of hydrogen-bond acceptors (Lipinski definition) is 19. The summed E-state index contributed by atoms with van der Waals surface area (Å²) in [6.45, 7) is 9.46. The first-order valence-corrected chi connectivity index (χ1v) is 44.5. The van der Waals surface area contributed by atoms with E-state index < -0.39 is 141 Å². The van der Waals surface area contributed by atoms with Gasteiger partial charge in [0.1, 0.15) is 52.3 Å². The zero-order valence-corrected chi connectivity index (χ0v) is 72.4. The number of aliphatic hydroxyl groups is 2. The lowest BCUT2D eigenvalue weighted by atomic mass is 10.0. The fourth-order valence-corrected chi connectivity index (χ4v) is 13.8. The largest absolute Gasteiger partial charge is 0.391 e. The van der Waals surface area contributed by atoms with Crippen LogP contribution >= 0.6 is 0 Å². The Morgan fingerprint density at radius 3 is 1.64 bits per heavy atom. The molecule has 0 saturated carbocycles. The van der Waals surface area contributed by atoms with Crippen molar-refractivity contribution in [2.75, 3.05) is 38.7 Å². The van der Waals surface area contributed by atoms with Gasteiger partial charge < -0.3 is 103 Å². The SMILES string of the molecule is CCCCCCCCCCCCCCCC(N)=O.CCCC[C@H](N[C@@H](O)[C@@H](NC(=O)[C@H](CCCCN=C(N)N)NC(=O)[C@@H](C)CCC(N)=O)C(C)O)C(=O)NC.C[C@H]1CCC(=O)NCCCC[C@@H](C(N)=O)NC(=O)[C@H](Cc2c[nH]c3ccccc23)NC(=O)[C@H](CCCN=C(N)N)NC(=O)[C@@H](Cc2ccccc2)NC(=O)[C@H](CCS(C)(=O)=O)NC1=O. The van der Waals surface area contributed by atoms with E-state index in [2.05, 4.69) is 75.1 Å². The molecule has 2 aromatic carbocycles. The summed E-state index contributed by atoms with van der Waals surface area (Å²) in [4.78, 5) is 166. The Kier molecular flexibility index (Phi) is 53.4. The van der Waals surface area contributed by atoms with E-state index in [1.165, 1.54) is 91.0 Å². The first-order valence-electron chi connectivity index (χ1n) is 42.5. The van der Waals surface area contributed by atoms with Crippen molar-refractivity contribution in [1.29, 1.82) is 0 Å². The van der Waals surface area contributed by atoms with Crippen molar-refractivity contribution in [3.05, 3.63) is 71.9 Å². The third-order valence-corrected chi connectivity index (χ3v) is 21.3. The van der Waals surface area contributed by atoms with Gasteiger partial charge in [-0.3, -0.25) is 72.8 Å². The molecule has 1 saturated heterocycles. The Bertz CT molecular complexity index is 3780. The molecule has 1 aliphatic heterocycles. The zero-order valence-electron chi connectivity index (χ0n) is 71.6. The number of guanidine groups is 2. The van der Waals surface area contributed by atoms with Gasteiger partial charge in [-0.15, -0.1) is 0 Å². The molecule has 1 unspecified atom stereocenters. The summed E-state index contributed by atoms with van der Waals surface area (Å²) in [5.74, 6) is -9.09. The lowest BCUT2D eigenvalue weighted by Crippen LogP contribution is -2.61. The van der Waals surface area contributed by atoms with Crippen LogP contribution in [-0.2, 0) is 80.2 Å². The minimum atomic E-state index is -3.61. The molecule has 0 bridgehead atoms. The zero-order chi connectivity index (χ0) is 89.5. The predicted molar refractivity (Wildman–Crippen MR) is 464 cm³/mol. The van der Waals surface area contributed by atoms with Crippen molar-refractivity contribution < 1.29 is 76.2 Å². The number of amides is 12. The predicted octanol–water partition coefficient (Wildman–Crippen LogP) is 1.91. The van der Waals surface area contributed by atoms with Crippen molar-refractivity contribution in [2.45, 2.75) is 301 Å². The third-order valence-electron chi connectivity index (χ3n) is 20.4. The highest BCUT2D eigenvalue weighted by Gasteiger charge is 2.36. The standard InChI is InChI=1S/C43H61N11O9S.C24H48N8O6.C16H33NO/c1-26-17-18-36(55)47-20-9-8-15-31(37(44)56)50-42(61)35(24-28-25-49-30-14-7-6-13-29(28)30)54-39(58)32(16-10-21-48-43(45)46)52-41(60)34(23-27-11-4-3-5-12-27)53-40(59)33(51-38(26)57)19-22-64(2,62)63;1-5-6-9-16(21(36)28-4)31-23(38)19(15(3)33)32-22(37)17(10-7-8-13-29-24(26)27)30-20(35)14(2)11-12-18(25)34;1-2-3-4-5-6-7-8-9-10-11-12-13-14-15-16(17)18/h3-7,11-14,25-26,31-35,49H,8-10,15-24H2,1-2H3,(H2,44,56)(H,47,55)(H,50,61)(H,51,57)(H,52,60)(H,53,59)(H,54,58)(H4,45,46,48);14-17,19,23,31,33,38H,5-13H2,1-4H3,(H2,25,34)(H,28,36)(H,30,35)(H,32,37)(H4,26,27,29);2-15H2,1H3,(H2,17,18)/t26-,31-,32-,33-,34+,35-;14-,15?,16-,17-,19-,23-;/m00./s1. The highest BCUT2D eigenvalue weighted by molar-refractivity contribution is 7.90. The first-order chi connectivity index (χ1) is 57.0. The molecule has 1 fully saturated rings. The maximum absolute atomic E-state index is 14.4. The van der Waals surface area contributed by atoms with E-state index in [0.717, 1.165) is 36.4 Å². The summed E-state index contributed by atoms with van der Waals surface area (Å²) in [7, 11) is -2.13. The maximum Gasteiger partial charge on any atom is 0.243 e. The Hall–Kier alpha value is -10.0. The van der Waals surface area contributed by atoms with Crippen molar-refractivity contribution in [3.63, 3.8) is 0 Å². The van der Waals surface area contributed by atoms with E-state index in [9.17, 15) is 76.2 Å². The smallest absolute Gasteiger partial charge is 0.243 e. The Morgan fingerprint density at radius 2 is 1.07 bits per heavy atom. The number of primary amides is 3. The number of unbranched alkanes of at least 4 members (excludes halogenated alkanes) is 14. The molecule has 12 amide bonds. The summed E-state index contributed by atoms with van der Waals surface area (Å²) >= 11 is 0. The minimum Gasteiger partial charge on any atom is -0.391 e. The molecule has 3 aromatic rings. The van der Waals surface area contributed by atoms with E-state index in [-0.39, 0.29) is 113 Å². The van der Waals surface area contributed by atoms with E-state index in [4.69, 9.17) is 40.1 Å². The van der Waals surface area contributed by atoms with Gasteiger partial charge in [0, 0.05) is 94.0 Å². The summed E-state index contributed by atoms with van der Waals surface area (Å²) < 4.78 is 24.5. The van der Waals surface area contributed by atoms with Crippen LogP contribution in [0.15, 0.2) is 70.8 Å². The molecule has 27 N–H and O–H groups in total. The third kappa shape index (κ3) is 47.1. The number of likely N-dealkylation sites (N-methyl/N-ethyl adjacent to an activating group) is 1. The van der Waals surface area contributed by atoms with Crippen LogP contribution in [0.2, 0.25) is 0 Å². The molecule has 37 heteroatoms.